The number of anilines is 3. The minimum Gasteiger partial charge on any atom is -0.368 e. The van der Waals surface area contributed by atoms with Gasteiger partial charge in [0, 0.05) is 50.5 Å². The van der Waals surface area contributed by atoms with Gasteiger partial charge in [0.25, 0.3) is 0 Å². The highest BCUT2D eigenvalue weighted by molar-refractivity contribution is 6.30. The van der Waals surface area contributed by atoms with Crippen LogP contribution in [0.25, 0.3) is 0 Å². The summed E-state index contributed by atoms with van der Waals surface area (Å²) in [6, 6.07) is 18.3. The molecular weight excluding hydrogens is 372 g/mol. The highest BCUT2D eigenvalue weighted by Crippen LogP contribution is 2.22. The number of aromatic nitrogens is 3. The van der Waals surface area contributed by atoms with Crippen LogP contribution in [0, 0.1) is 0 Å². The standard InChI is InChI=1S/C21H23ClN6/c1-26(16-17-6-3-2-4-7-17)21-24-20(15-23-25-21)28-12-10-27(11-13-28)19-9-5-8-18(22)14-19/h2-9,14-15H,10-13,16H2,1H3. The van der Waals surface area contributed by atoms with Gasteiger partial charge in [0.1, 0.15) is 0 Å². The lowest BCUT2D eigenvalue weighted by Gasteiger charge is -2.36. The minimum atomic E-state index is 0.638. The van der Waals surface area contributed by atoms with Crippen molar-refractivity contribution in [3.63, 3.8) is 0 Å². The van der Waals surface area contributed by atoms with Gasteiger partial charge < -0.3 is 14.7 Å². The van der Waals surface area contributed by atoms with Crippen molar-refractivity contribution < 1.29 is 0 Å². The maximum atomic E-state index is 6.13. The first-order chi connectivity index (χ1) is 13.7. The normalized spacial score (nSPS) is 14.2. The molecule has 0 atom stereocenters. The monoisotopic (exact) mass is 394 g/mol. The Morgan fingerprint density at radius 1 is 0.964 bits per heavy atom. The lowest BCUT2D eigenvalue weighted by atomic mass is 10.2. The predicted molar refractivity (Wildman–Crippen MR) is 114 cm³/mol. The average Bonchev–Trinajstić information content (AvgIpc) is 2.75. The molecule has 7 heteroatoms. The largest absolute Gasteiger partial charge is 0.368 e. The quantitative estimate of drug-likeness (QED) is 0.660. The topological polar surface area (TPSA) is 48.4 Å². The van der Waals surface area contributed by atoms with Gasteiger partial charge in [-0.3, -0.25) is 0 Å². The van der Waals surface area contributed by atoms with Gasteiger partial charge in [-0.15, -0.1) is 5.10 Å². The summed E-state index contributed by atoms with van der Waals surface area (Å²) >= 11 is 6.13. The van der Waals surface area contributed by atoms with Crippen LogP contribution in [0.5, 0.6) is 0 Å². The number of piperazine rings is 1. The second kappa shape index (κ2) is 8.44. The van der Waals surface area contributed by atoms with Crippen LogP contribution < -0.4 is 14.7 Å². The molecule has 1 saturated heterocycles. The van der Waals surface area contributed by atoms with Crippen molar-refractivity contribution in [2.45, 2.75) is 6.54 Å². The third-order valence-corrected chi connectivity index (χ3v) is 5.15. The van der Waals surface area contributed by atoms with E-state index in [0.29, 0.717) is 5.95 Å². The van der Waals surface area contributed by atoms with Gasteiger partial charge in [-0.05, 0) is 23.8 Å². The number of halogens is 1. The Labute approximate surface area is 170 Å². The fraction of sp³-hybridized carbons (Fsp3) is 0.286. The molecule has 1 aliphatic heterocycles. The molecule has 3 aromatic rings. The molecule has 1 aliphatic rings. The van der Waals surface area contributed by atoms with E-state index >= 15 is 0 Å². The van der Waals surface area contributed by atoms with Gasteiger partial charge in [-0.1, -0.05) is 48.0 Å². The van der Waals surface area contributed by atoms with Crippen molar-refractivity contribution in [3.8, 4) is 0 Å². The molecule has 0 N–H and O–H groups in total. The van der Waals surface area contributed by atoms with Crippen molar-refractivity contribution in [1.29, 1.82) is 0 Å². The van der Waals surface area contributed by atoms with Crippen molar-refractivity contribution in [1.82, 2.24) is 15.2 Å². The Bertz CT molecular complexity index is 912. The summed E-state index contributed by atoms with van der Waals surface area (Å²) in [7, 11) is 1.99. The van der Waals surface area contributed by atoms with Crippen LogP contribution in [0.15, 0.2) is 60.8 Å². The second-order valence-corrected chi connectivity index (χ2v) is 7.35. The average molecular weight is 395 g/mol. The smallest absolute Gasteiger partial charge is 0.247 e. The van der Waals surface area contributed by atoms with E-state index < -0.39 is 0 Å². The number of hydrogen-bond donors (Lipinski definition) is 0. The summed E-state index contributed by atoms with van der Waals surface area (Å²) in [5.41, 5.74) is 2.38. The Morgan fingerprint density at radius 3 is 2.46 bits per heavy atom. The molecule has 0 spiro atoms. The molecular formula is C21H23ClN6. The third-order valence-electron chi connectivity index (χ3n) is 4.92. The Morgan fingerprint density at radius 2 is 1.71 bits per heavy atom. The van der Waals surface area contributed by atoms with E-state index in [1.807, 2.05) is 48.3 Å². The molecule has 0 amide bonds. The van der Waals surface area contributed by atoms with Gasteiger partial charge in [-0.2, -0.15) is 10.1 Å². The van der Waals surface area contributed by atoms with E-state index in [9.17, 15) is 0 Å². The molecule has 2 heterocycles. The molecule has 1 fully saturated rings. The summed E-state index contributed by atoms with van der Waals surface area (Å²) in [5, 5.41) is 9.17. The Hall–Kier alpha value is -2.86. The van der Waals surface area contributed by atoms with Crippen molar-refractivity contribution in [3.05, 3.63) is 71.4 Å². The van der Waals surface area contributed by atoms with E-state index in [2.05, 4.69) is 38.2 Å². The SMILES string of the molecule is CN(Cc1ccccc1)c1nncc(N2CCN(c3cccc(Cl)c3)CC2)n1. The van der Waals surface area contributed by atoms with E-state index in [1.165, 1.54) is 5.56 Å². The number of hydrogen-bond acceptors (Lipinski definition) is 6. The van der Waals surface area contributed by atoms with Gasteiger partial charge >= 0.3 is 0 Å². The fourth-order valence-electron chi connectivity index (χ4n) is 3.39. The summed E-state index contributed by atoms with van der Waals surface area (Å²) < 4.78 is 0. The Kier molecular flexibility index (Phi) is 5.58. The zero-order chi connectivity index (χ0) is 19.3. The first kappa shape index (κ1) is 18.5. The first-order valence-electron chi connectivity index (χ1n) is 9.39. The van der Waals surface area contributed by atoms with Crippen LogP contribution in [0.4, 0.5) is 17.5 Å². The van der Waals surface area contributed by atoms with E-state index in [0.717, 1.165) is 49.3 Å². The van der Waals surface area contributed by atoms with E-state index in [-0.39, 0.29) is 0 Å². The third kappa shape index (κ3) is 4.34. The Balaban J connectivity index is 1.41. The van der Waals surface area contributed by atoms with Crippen LogP contribution in [0.2, 0.25) is 5.02 Å². The highest BCUT2D eigenvalue weighted by atomic mass is 35.5. The summed E-state index contributed by atoms with van der Waals surface area (Å²) in [6.45, 7) is 4.34. The summed E-state index contributed by atoms with van der Waals surface area (Å²) in [5.74, 6) is 1.51. The van der Waals surface area contributed by atoms with Crippen molar-refractivity contribution in [2.24, 2.45) is 0 Å². The number of benzene rings is 2. The minimum absolute atomic E-state index is 0.638. The van der Waals surface area contributed by atoms with Gasteiger partial charge in [0.2, 0.25) is 5.95 Å². The van der Waals surface area contributed by atoms with E-state index in [1.54, 1.807) is 6.20 Å². The fourth-order valence-corrected chi connectivity index (χ4v) is 3.58. The number of nitrogens with zero attached hydrogens (tertiary/aromatic N) is 6. The molecule has 1 aromatic heterocycles. The molecule has 0 unspecified atom stereocenters. The van der Waals surface area contributed by atoms with Gasteiger partial charge in [-0.25, -0.2) is 0 Å². The van der Waals surface area contributed by atoms with Crippen LogP contribution in [0.3, 0.4) is 0 Å². The van der Waals surface area contributed by atoms with Crippen LogP contribution in [-0.4, -0.2) is 48.4 Å². The zero-order valence-corrected chi connectivity index (χ0v) is 16.6. The molecule has 6 nitrogen and oxygen atoms in total. The van der Waals surface area contributed by atoms with Crippen LogP contribution >= 0.6 is 11.6 Å². The molecule has 28 heavy (non-hydrogen) atoms. The van der Waals surface area contributed by atoms with Crippen LogP contribution in [0.1, 0.15) is 5.56 Å². The van der Waals surface area contributed by atoms with Gasteiger partial charge in [0.15, 0.2) is 5.82 Å². The molecule has 144 valence electrons. The van der Waals surface area contributed by atoms with Gasteiger partial charge in [0.05, 0.1) is 6.20 Å². The lowest BCUT2D eigenvalue weighted by molar-refractivity contribution is 0.643. The summed E-state index contributed by atoms with van der Waals surface area (Å²) in [6.07, 6.45) is 1.74. The zero-order valence-electron chi connectivity index (χ0n) is 15.9. The maximum Gasteiger partial charge on any atom is 0.247 e. The molecule has 4 rings (SSSR count). The molecule has 0 bridgehead atoms. The lowest BCUT2D eigenvalue weighted by Crippen LogP contribution is -2.47. The molecule has 2 aromatic carbocycles. The number of rotatable bonds is 5. The van der Waals surface area contributed by atoms with Crippen LogP contribution in [-0.2, 0) is 6.54 Å². The molecule has 0 aliphatic carbocycles. The first-order valence-corrected chi connectivity index (χ1v) is 9.77. The second-order valence-electron chi connectivity index (χ2n) is 6.91. The highest BCUT2D eigenvalue weighted by Gasteiger charge is 2.20. The molecule has 0 saturated carbocycles. The summed E-state index contributed by atoms with van der Waals surface area (Å²) in [4.78, 5) is 11.4. The van der Waals surface area contributed by atoms with Crippen molar-refractivity contribution in [2.75, 3.05) is 47.9 Å². The predicted octanol–water partition coefficient (Wildman–Crippen LogP) is 3.49. The molecule has 0 radical (unpaired) electrons. The van der Waals surface area contributed by atoms with Crippen molar-refractivity contribution >= 4 is 29.1 Å². The van der Waals surface area contributed by atoms with E-state index in [4.69, 9.17) is 16.6 Å². The maximum absolute atomic E-state index is 6.13.